The molecule has 134 valence electrons. The van der Waals surface area contributed by atoms with Crippen LogP contribution in [0.2, 0.25) is 0 Å². The number of benzene rings is 1. The average Bonchev–Trinajstić information content (AvgIpc) is 2.63. The zero-order valence-electron chi connectivity index (χ0n) is 15.2. The molecule has 2 aromatic rings. The number of hydrogen-bond acceptors (Lipinski definition) is 2. The molecular weight excluding hydrogens is 312 g/mol. The van der Waals surface area contributed by atoms with Crippen LogP contribution in [0.15, 0.2) is 58.4 Å². The monoisotopic (exact) mass is 340 g/mol. The Morgan fingerprint density at radius 3 is 2.48 bits per heavy atom. The van der Waals surface area contributed by atoms with Crippen LogP contribution in [-0.2, 0) is 13.1 Å². The van der Waals surface area contributed by atoms with Crippen molar-refractivity contribution in [2.45, 2.75) is 39.8 Å². The zero-order valence-corrected chi connectivity index (χ0v) is 15.2. The van der Waals surface area contributed by atoms with Gasteiger partial charge in [0.25, 0.3) is 5.56 Å². The van der Waals surface area contributed by atoms with Crippen LogP contribution < -0.4 is 16.2 Å². The van der Waals surface area contributed by atoms with Crippen molar-refractivity contribution in [1.29, 1.82) is 0 Å². The number of pyridine rings is 1. The molecule has 0 spiro atoms. The molecule has 0 bridgehead atoms. The van der Waals surface area contributed by atoms with Gasteiger partial charge in [-0.05, 0) is 30.5 Å². The fourth-order valence-corrected chi connectivity index (χ4v) is 2.43. The summed E-state index contributed by atoms with van der Waals surface area (Å²) in [6.45, 7) is 7.25. The molecule has 0 aliphatic carbocycles. The standard InChI is InChI=1S/C20H28N4O/c1-3-5-13-22-20(21-4-2)23-15-17-9-11-18(12-10-17)16-24-14-7-6-8-19(24)25/h6-12,14H,3-5,13,15-16H2,1-2H3,(H2,21,22,23). The molecule has 0 saturated heterocycles. The molecule has 2 N–H and O–H groups in total. The lowest BCUT2D eigenvalue weighted by atomic mass is 10.1. The van der Waals surface area contributed by atoms with Gasteiger partial charge in [-0.1, -0.05) is 43.7 Å². The largest absolute Gasteiger partial charge is 0.357 e. The van der Waals surface area contributed by atoms with Crippen molar-refractivity contribution in [3.8, 4) is 0 Å². The molecule has 0 atom stereocenters. The van der Waals surface area contributed by atoms with Gasteiger partial charge in [0.15, 0.2) is 5.96 Å². The molecular formula is C20H28N4O. The van der Waals surface area contributed by atoms with Crippen molar-refractivity contribution in [2.75, 3.05) is 13.1 Å². The molecule has 0 fully saturated rings. The van der Waals surface area contributed by atoms with Gasteiger partial charge in [-0.2, -0.15) is 0 Å². The highest BCUT2D eigenvalue weighted by molar-refractivity contribution is 5.79. The van der Waals surface area contributed by atoms with Crippen molar-refractivity contribution in [3.63, 3.8) is 0 Å². The minimum atomic E-state index is 0.0182. The van der Waals surface area contributed by atoms with Crippen LogP contribution in [0.25, 0.3) is 0 Å². The van der Waals surface area contributed by atoms with Crippen molar-refractivity contribution in [3.05, 3.63) is 70.1 Å². The Morgan fingerprint density at radius 2 is 1.80 bits per heavy atom. The molecule has 1 aromatic heterocycles. The van der Waals surface area contributed by atoms with Crippen LogP contribution >= 0.6 is 0 Å². The number of hydrogen-bond donors (Lipinski definition) is 2. The summed E-state index contributed by atoms with van der Waals surface area (Å²) in [5, 5.41) is 6.61. The summed E-state index contributed by atoms with van der Waals surface area (Å²) in [4.78, 5) is 16.4. The van der Waals surface area contributed by atoms with Gasteiger partial charge in [-0.25, -0.2) is 4.99 Å². The molecule has 25 heavy (non-hydrogen) atoms. The number of guanidine groups is 1. The smallest absolute Gasteiger partial charge is 0.250 e. The summed E-state index contributed by atoms with van der Waals surface area (Å²) in [7, 11) is 0. The Balaban J connectivity index is 1.95. The molecule has 0 unspecified atom stereocenters. The van der Waals surface area contributed by atoms with Gasteiger partial charge in [0.1, 0.15) is 0 Å². The zero-order chi connectivity index (χ0) is 17.9. The van der Waals surface area contributed by atoms with Crippen molar-refractivity contribution in [2.24, 2.45) is 4.99 Å². The lowest BCUT2D eigenvalue weighted by Gasteiger charge is -2.11. The maximum atomic E-state index is 11.8. The number of nitrogens with zero attached hydrogens (tertiary/aromatic N) is 2. The number of rotatable bonds is 8. The second kappa shape index (κ2) is 10.3. The average molecular weight is 340 g/mol. The fraction of sp³-hybridized carbons (Fsp3) is 0.400. The maximum absolute atomic E-state index is 11.8. The third-order valence-corrected chi connectivity index (χ3v) is 3.86. The third kappa shape index (κ3) is 6.45. The van der Waals surface area contributed by atoms with Crippen molar-refractivity contribution >= 4 is 5.96 Å². The summed E-state index contributed by atoms with van der Waals surface area (Å²) < 4.78 is 1.70. The predicted octanol–water partition coefficient (Wildman–Crippen LogP) is 2.75. The van der Waals surface area contributed by atoms with Crippen LogP contribution in [0.1, 0.15) is 37.8 Å². The topological polar surface area (TPSA) is 58.4 Å². The predicted molar refractivity (Wildman–Crippen MR) is 104 cm³/mol. The summed E-state index contributed by atoms with van der Waals surface area (Å²) in [6, 6.07) is 13.5. The summed E-state index contributed by atoms with van der Waals surface area (Å²) in [5.74, 6) is 0.857. The lowest BCUT2D eigenvalue weighted by molar-refractivity contribution is 0.730. The lowest BCUT2D eigenvalue weighted by Crippen LogP contribution is -2.37. The van der Waals surface area contributed by atoms with Gasteiger partial charge in [-0.15, -0.1) is 0 Å². The molecule has 0 radical (unpaired) electrons. The van der Waals surface area contributed by atoms with E-state index >= 15 is 0 Å². The van der Waals surface area contributed by atoms with E-state index in [-0.39, 0.29) is 5.56 Å². The SMILES string of the molecule is CCCCNC(=NCc1ccc(Cn2ccccc2=O)cc1)NCC. The van der Waals surface area contributed by atoms with E-state index < -0.39 is 0 Å². The van der Waals surface area contributed by atoms with E-state index in [4.69, 9.17) is 0 Å². The second-order valence-corrected chi connectivity index (χ2v) is 5.96. The van der Waals surface area contributed by atoms with Crippen LogP contribution in [-0.4, -0.2) is 23.6 Å². The first-order valence-corrected chi connectivity index (χ1v) is 8.98. The molecule has 0 saturated carbocycles. The molecule has 0 aliphatic heterocycles. The van der Waals surface area contributed by atoms with E-state index in [0.29, 0.717) is 13.1 Å². The number of aromatic nitrogens is 1. The van der Waals surface area contributed by atoms with Gasteiger partial charge >= 0.3 is 0 Å². The molecule has 1 heterocycles. The van der Waals surface area contributed by atoms with Crippen LogP contribution in [0.5, 0.6) is 0 Å². The highest BCUT2D eigenvalue weighted by atomic mass is 16.1. The molecule has 0 aliphatic rings. The normalized spacial score (nSPS) is 11.4. The first kappa shape index (κ1) is 18.8. The van der Waals surface area contributed by atoms with Gasteiger partial charge in [0.2, 0.25) is 0 Å². The van der Waals surface area contributed by atoms with Gasteiger partial charge in [-0.3, -0.25) is 4.79 Å². The number of aliphatic imine (C=N–C) groups is 1. The van der Waals surface area contributed by atoms with E-state index in [2.05, 4.69) is 53.7 Å². The third-order valence-electron chi connectivity index (χ3n) is 3.86. The second-order valence-electron chi connectivity index (χ2n) is 5.96. The Hall–Kier alpha value is -2.56. The molecule has 5 heteroatoms. The van der Waals surface area contributed by atoms with E-state index in [0.717, 1.165) is 36.6 Å². The summed E-state index contributed by atoms with van der Waals surface area (Å²) in [5.41, 5.74) is 2.27. The Bertz CT molecular complexity index is 719. The van der Waals surface area contributed by atoms with Crippen molar-refractivity contribution in [1.82, 2.24) is 15.2 Å². The molecule has 0 amide bonds. The first-order valence-electron chi connectivity index (χ1n) is 8.98. The number of unbranched alkanes of at least 4 members (excludes halogenated alkanes) is 1. The Morgan fingerprint density at radius 1 is 1.04 bits per heavy atom. The Labute approximate surface area is 149 Å². The first-order chi connectivity index (χ1) is 12.2. The van der Waals surface area contributed by atoms with Crippen molar-refractivity contribution < 1.29 is 0 Å². The minimum Gasteiger partial charge on any atom is -0.357 e. The molecule has 2 rings (SSSR count). The van der Waals surface area contributed by atoms with Gasteiger partial charge < -0.3 is 15.2 Å². The molecule has 5 nitrogen and oxygen atoms in total. The summed E-state index contributed by atoms with van der Waals surface area (Å²) >= 11 is 0. The maximum Gasteiger partial charge on any atom is 0.250 e. The molecule has 1 aromatic carbocycles. The quantitative estimate of drug-likeness (QED) is 0.441. The van der Waals surface area contributed by atoms with Crippen LogP contribution in [0, 0.1) is 0 Å². The van der Waals surface area contributed by atoms with Crippen LogP contribution in [0.3, 0.4) is 0 Å². The fourth-order valence-electron chi connectivity index (χ4n) is 2.43. The van der Waals surface area contributed by atoms with Gasteiger partial charge in [0, 0.05) is 25.4 Å². The highest BCUT2D eigenvalue weighted by Gasteiger charge is 1.99. The number of nitrogens with one attached hydrogen (secondary N) is 2. The Kier molecular flexibility index (Phi) is 7.76. The van der Waals surface area contributed by atoms with E-state index in [1.54, 1.807) is 16.7 Å². The van der Waals surface area contributed by atoms with Gasteiger partial charge in [0.05, 0.1) is 13.1 Å². The van der Waals surface area contributed by atoms with Crippen LogP contribution in [0.4, 0.5) is 0 Å². The highest BCUT2D eigenvalue weighted by Crippen LogP contribution is 2.07. The van der Waals surface area contributed by atoms with E-state index in [1.807, 2.05) is 12.3 Å². The van der Waals surface area contributed by atoms with E-state index in [1.165, 1.54) is 6.42 Å². The van der Waals surface area contributed by atoms with E-state index in [9.17, 15) is 4.79 Å². The summed E-state index contributed by atoms with van der Waals surface area (Å²) in [6.07, 6.45) is 4.11. The minimum absolute atomic E-state index is 0.0182.